The van der Waals surface area contributed by atoms with Crippen LogP contribution in [0, 0.1) is 0 Å². The van der Waals surface area contributed by atoms with Crippen LogP contribution in [0.15, 0.2) is 52.8 Å². The van der Waals surface area contributed by atoms with E-state index in [0.717, 1.165) is 9.18 Å². The lowest BCUT2D eigenvalue weighted by molar-refractivity contribution is 0.230. The minimum absolute atomic E-state index is 0.0785. The van der Waals surface area contributed by atoms with Crippen molar-refractivity contribution in [3.05, 3.63) is 62.7 Å². The second-order valence-corrected chi connectivity index (χ2v) is 9.56. The summed E-state index contributed by atoms with van der Waals surface area (Å²) in [6.45, 7) is 5.12. The van der Waals surface area contributed by atoms with Crippen LogP contribution in [-0.4, -0.2) is 42.8 Å². The minimum atomic E-state index is -3.60. The topological polar surface area (TPSA) is 62.6 Å². The van der Waals surface area contributed by atoms with E-state index in [-0.39, 0.29) is 17.1 Å². The van der Waals surface area contributed by atoms with E-state index in [1.165, 1.54) is 48.3 Å². The first-order valence-electron chi connectivity index (χ1n) is 7.44. The fourth-order valence-electron chi connectivity index (χ4n) is 2.21. The van der Waals surface area contributed by atoms with E-state index in [1.54, 1.807) is 6.08 Å². The van der Waals surface area contributed by atoms with Crippen molar-refractivity contribution < 1.29 is 8.42 Å². The Morgan fingerprint density at radius 2 is 2.00 bits per heavy atom. The monoisotopic (exact) mass is 401 g/mol. The highest BCUT2D eigenvalue weighted by atomic mass is 35.5. The number of nitrogens with zero attached hydrogens (tertiary/aromatic N) is 3. The third-order valence-electron chi connectivity index (χ3n) is 3.48. The number of aromatic nitrogens is 1. The van der Waals surface area contributed by atoms with Crippen molar-refractivity contribution in [2.45, 2.75) is 18.1 Å². The van der Waals surface area contributed by atoms with Crippen LogP contribution in [-0.2, 0) is 23.2 Å². The van der Waals surface area contributed by atoms with Gasteiger partial charge in [0, 0.05) is 44.3 Å². The molecule has 0 aliphatic heterocycles. The SMILES string of the molecule is C=CCN(Cc1ccc(Cl)s1)Cn1cc(S(=O)(=O)N(C)C)ccc1=O. The van der Waals surface area contributed by atoms with Crippen LogP contribution in [0.3, 0.4) is 0 Å². The lowest BCUT2D eigenvalue weighted by atomic mass is 10.4. The van der Waals surface area contributed by atoms with Gasteiger partial charge in [0.1, 0.15) is 0 Å². The highest BCUT2D eigenvalue weighted by molar-refractivity contribution is 7.89. The van der Waals surface area contributed by atoms with Crippen molar-refractivity contribution >= 4 is 33.0 Å². The Hall–Kier alpha value is -1.45. The molecule has 0 N–H and O–H groups in total. The van der Waals surface area contributed by atoms with E-state index in [1.807, 2.05) is 17.0 Å². The van der Waals surface area contributed by atoms with Crippen molar-refractivity contribution in [2.24, 2.45) is 0 Å². The number of hydrogen-bond acceptors (Lipinski definition) is 5. The van der Waals surface area contributed by atoms with Gasteiger partial charge in [-0.05, 0) is 18.2 Å². The zero-order valence-corrected chi connectivity index (χ0v) is 16.4. The van der Waals surface area contributed by atoms with Crippen molar-refractivity contribution in [3.8, 4) is 0 Å². The largest absolute Gasteiger partial charge is 0.301 e. The van der Waals surface area contributed by atoms with Gasteiger partial charge in [-0.2, -0.15) is 0 Å². The second-order valence-electron chi connectivity index (χ2n) is 5.61. The summed E-state index contributed by atoms with van der Waals surface area (Å²) in [6, 6.07) is 6.35. The summed E-state index contributed by atoms with van der Waals surface area (Å²) in [6.07, 6.45) is 3.11. The first kappa shape index (κ1) is 19.9. The van der Waals surface area contributed by atoms with Crippen molar-refractivity contribution in [2.75, 3.05) is 20.6 Å². The standard InChI is InChI=1S/C16H20ClN3O3S2/c1-4-9-19(10-13-5-7-15(17)24-13)12-20-11-14(6-8-16(20)21)25(22,23)18(2)3/h4-8,11H,1,9-10,12H2,2-3H3. The molecule has 0 bridgehead atoms. The summed E-state index contributed by atoms with van der Waals surface area (Å²) in [7, 11) is -0.693. The highest BCUT2D eigenvalue weighted by Crippen LogP contribution is 2.23. The first-order chi connectivity index (χ1) is 11.7. The molecule has 0 saturated carbocycles. The summed E-state index contributed by atoms with van der Waals surface area (Å²) in [5, 5.41) is 0. The zero-order chi connectivity index (χ0) is 18.6. The molecule has 2 aromatic rings. The molecule has 9 heteroatoms. The molecule has 0 aliphatic rings. The summed E-state index contributed by atoms with van der Waals surface area (Å²) in [5.41, 5.74) is -0.268. The first-order valence-corrected chi connectivity index (χ1v) is 10.1. The van der Waals surface area contributed by atoms with E-state index < -0.39 is 10.0 Å². The van der Waals surface area contributed by atoms with Gasteiger partial charge < -0.3 is 4.57 Å². The average Bonchev–Trinajstić information content (AvgIpc) is 2.94. The van der Waals surface area contributed by atoms with E-state index in [4.69, 9.17) is 11.6 Å². The normalized spacial score (nSPS) is 12.0. The van der Waals surface area contributed by atoms with Gasteiger partial charge in [-0.25, -0.2) is 12.7 Å². The molecule has 0 unspecified atom stereocenters. The second kappa shape index (κ2) is 8.29. The van der Waals surface area contributed by atoms with Gasteiger partial charge >= 0.3 is 0 Å². The molecule has 0 saturated heterocycles. The smallest absolute Gasteiger partial charge is 0.251 e. The fraction of sp³-hybridized carbons (Fsp3) is 0.312. The van der Waals surface area contributed by atoms with Crippen LogP contribution in [0.2, 0.25) is 4.34 Å². The van der Waals surface area contributed by atoms with Gasteiger partial charge in [0.15, 0.2) is 0 Å². The Balaban J connectivity index is 2.29. The molecule has 0 spiro atoms. The molecule has 0 aromatic carbocycles. The van der Waals surface area contributed by atoms with Gasteiger partial charge in [0.2, 0.25) is 10.0 Å². The summed E-state index contributed by atoms with van der Waals surface area (Å²) in [5.74, 6) is 0. The Kier molecular flexibility index (Phi) is 6.59. The molecule has 0 amide bonds. The van der Waals surface area contributed by atoms with Crippen LogP contribution in [0.4, 0.5) is 0 Å². The van der Waals surface area contributed by atoms with Crippen LogP contribution in [0.5, 0.6) is 0 Å². The van der Waals surface area contributed by atoms with Gasteiger partial charge in [0.05, 0.1) is 15.9 Å². The van der Waals surface area contributed by atoms with Crippen LogP contribution in [0.25, 0.3) is 0 Å². The van der Waals surface area contributed by atoms with Crippen LogP contribution < -0.4 is 5.56 Å². The Morgan fingerprint density at radius 1 is 1.28 bits per heavy atom. The van der Waals surface area contributed by atoms with E-state index in [9.17, 15) is 13.2 Å². The molecule has 2 heterocycles. The molecular formula is C16H20ClN3O3S2. The maximum absolute atomic E-state index is 12.3. The molecule has 136 valence electrons. The summed E-state index contributed by atoms with van der Waals surface area (Å²) < 4.78 is 27.7. The van der Waals surface area contributed by atoms with Gasteiger partial charge in [-0.1, -0.05) is 17.7 Å². The molecule has 0 atom stereocenters. The van der Waals surface area contributed by atoms with Crippen molar-refractivity contribution in [3.63, 3.8) is 0 Å². The number of pyridine rings is 1. The maximum atomic E-state index is 12.3. The predicted molar refractivity (Wildman–Crippen MR) is 102 cm³/mol. The van der Waals surface area contributed by atoms with Crippen molar-refractivity contribution in [1.29, 1.82) is 0 Å². The molecule has 6 nitrogen and oxygen atoms in total. The van der Waals surface area contributed by atoms with Crippen molar-refractivity contribution in [1.82, 2.24) is 13.8 Å². The Labute approximate surface area is 156 Å². The molecule has 2 aromatic heterocycles. The summed E-state index contributed by atoms with van der Waals surface area (Å²) in [4.78, 5) is 15.3. The fourth-order valence-corrected chi connectivity index (χ4v) is 4.26. The minimum Gasteiger partial charge on any atom is -0.301 e. The lowest BCUT2D eigenvalue weighted by Gasteiger charge is -2.21. The molecule has 0 aliphatic carbocycles. The molecular weight excluding hydrogens is 382 g/mol. The maximum Gasteiger partial charge on any atom is 0.251 e. The van der Waals surface area contributed by atoms with Gasteiger partial charge in [-0.15, -0.1) is 17.9 Å². The van der Waals surface area contributed by atoms with Crippen LogP contribution in [0.1, 0.15) is 4.88 Å². The Bertz CT molecular complexity index is 903. The third kappa shape index (κ3) is 5.02. The van der Waals surface area contributed by atoms with Crippen LogP contribution >= 0.6 is 22.9 Å². The molecule has 0 fully saturated rings. The zero-order valence-electron chi connectivity index (χ0n) is 14.1. The quantitative estimate of drug-likeness (QED) is 0.637. The number of sulfonamides is 1. The van der Waals surface area contributed by atoms with Gasteiger partial charge in [0.25, 0.3) is 5.56 Å². The number of rotatable bonds is 8. The summed E-state index contributed by atoms with van der Waals surface area (Å²) >= 11 is 7.43. The number of halogens is 1. The highest BCUT2D eigenvalue weighted by Gasteiger charge is 2.18. The predicted octanol–water partition coefficient (Wildman–Crippen LogP) is 2.46. The van der Waals surface area contributed by atoms with E-state index >= 15 is 0 Å². The molecule has 25 heavy (non-hydrogen) atoms. The van der Waals surface area contributed by atoms with Gasteiger partial charge in [-0.3, -0.25) is 9.69 Å². The Morgan fingerprint density at radius 3 is 2.56 bits per heavy atom. The molecule has 0 radical (unpaired) electrons. The average molecular weight is 402 g/mol. The molecule has 2 rings (SSSR count). The van der Waals surface area contributed by atoms with E-state index in [0.29, 0.717) is 17.4 Å². The van der Waals surface area contributed by atoms with E-state index in [2.05, 4.69) is 6.58 Å². The lowest BCUT2D eigenvalue weighted by Crippen LogP contribution is -2.32. The number of hydrogen-bond donors (Lipinski definition) is 0. The third-order valence-corrected chi connectivity index (χ3v) is 6.50. The number of thiophene rings is 1.